The zero-order valence-electron chi connectivity index (χ0n) is 17.1. The first-order valence-corrected chi connectivity index (χ1v) is 10.2. The lowest BCUT2D eigenvalue weighted by Gasteiger charge is -2.24. The normalized spacial score (nSPS) is 17.1. The molecule has 1 atom stereocenters. The lowest BCUT2D eigenvalue weighted by Crippen LogP contribution is -2.38. The molecule has 8 nitrogen and oxygen atoms in total. The van der Waals surface area contributed by atoms with Gasteiger partial charge in [-0.1, -0.05) is 11.2 Å². The van der Waals surface area contributed by atoms with Gasteiger partial charge in [-0.25, -0.2) is 9.97 Å². The molecule has 0 saturated carbocycles. The Kier molecular flexibility index (Phi) is 5.04. The van der Waals surface area contributed by atoms with Crippen molar-refractivity contribution in [2.75, 3.05) is 18.4 Å². The molecule has 32 heavy (non-hydrogen) atoms. The molecule has 0 aliphatic carbocycles. The number of nitrogens with one attached hydrogen (secondary N) is 3. The van der Waals surface area contributed by atoms with Crippen LogP contribution in [0.3, 0.4) is 0 Å². The monoisotopic (exact) mass is 443 g/mol. The van der Waals surface area contributed by atoms with E-state index in [9.17, 15) is 13.2 Å². The largest absolute Gasteiger partial charge is 0.419 e. The fourth-order valence-electron chi connectivity index (χ4n) is 3.89. The maximum Gasteiger partial charge on any atom is 0.419 e. The number of alkyl halides is 3. The number of H-pyrrole nitrogens is 1. The van der Waals surface area contributed by atoms with Gasteiger partial charge in [-0.05, 0) is 38.4 Å². The molecule has 4 aromatic rings. The third kappa shape index (κ3) is 3.91. The van der Waals surface area contributed by atoms with Crippen LogP contribution in [0, 0.1) is 6.92 Å². The van der Waals surface area contributed by atoms with E-state index in [0.29, 0.717) is 40.3 Å². The van der Waals surface area contributed by atoms with Crippen LogP contribution in [0.25, 0.3) is 33.6 Å². The molecule has 0 amide bonds. The van der Waals surface area contributed by atoms with Gasteiger partial charge in [0, 0.05) is 47.0 Å². The van der Waals surface area contributed by atoms with Gasteiger partial charge in [-0.3, -0.25) is 0 Å². The van der Waals surface area contributed by atoms with E-state index in [2.05, 4.69) is 35.7 Å². The zero-order chi connectivity index (χ0) is 22.3. The number of aryl methyl sites for hydroxylation is 1. The summed E-state index contributed by atoms with van der Waals surface area (Å²) in [5.74, 6) is 1.01. The number of fused-ring (bicyclic) bond motifs is 1. The molecule has 4 heterocycles. The van der Waals surface area contributed by atoms with Crippen molar-refractivity contribution in [2.24, 2.45) is 0 Å². The fourth-order valence-corrected chi connectivity index (χ4v) is 3.89. The molecular formula is C21H20F3N7O. The number of halogens is 3. The van der Waals surface area contributed by atoms with E-state index in [-0.39, 0.29) is 17.7 Å². The lowest BCUT2D eigenvalue weighted by molar-refractivity contribution is -0.137. The van der Waals surface area contributed by atoms with Crippen LogP contribution in [0.5, 0.6) is 0 Å². The van der Waals surface area contributed by atoms with Crippen molar-refractivity contribution in [2.45, 2.75) is 32.0 Å². The van der Waals surface area contributed by atoms with E-state index < -0.39 is 11.7 Å². The standard InChI is InChI=1S/C21H20F3N7O/c1-11-28-19(32-31-11)12-4-5-14-15(9-26-17(14)7-12)18-16(21(22,23)24)10-27-20(30-18)29-13-3-2-6-25-8-13/h4-5,7,9-10,13,25-26H,2-3,6,8H2,1H3,(H,27,29,30)/t13-/m0/s1. The number of anilines is 1. The Morgan fingerprint density at radius 2 is 2.09 bits per heavy atom. The zero-order valence-corrected chi connectivity index (χ0v) is 17.1. The summed E-state index contributed by atoms with van der Waals surface area (Å²) in [6, 6.07) is 5.27. The first-order chi connectivity index (χ1) is 15.4. The van der Waals surface area contributed by atoms with Crippen LogP contribution in [-0.2, 0) is 6.18 Å². The molecule has 1 aromatic carbocycles. The van der Waals surface area contributed by atoms with Crippen molar-refractivity contribution in [1.29, 1.82) is 0 Å². The molecule has 1 aliphatic heterocycles. The molecule has 166 valence electrons. The van der Waals surface area contributed by atoms with E-state index in [0.717, 1.165) is 25.6 Å². The second kappa shape index (κ2) is 7.90. The summed E-state index contributed by atoms with van der Waals surface area (Å²) >= 11 is 0. The Morgan fingerprint density at radius 1 is 1.22 bits per heavy atom. The maximum atomic E-state index is 13.8. The molecule has 3 aromatic heterocycles. The van der Waals surface area contributed by atoms with Gasteiger partial charge in [0.15, 0.2) is 5.82 Å². The second-order valence-electron chi connectivity index (χ2n) is 7.75. The molecule has 11 heteroatoms. The van der Waals surface area contributed by atoms with Crippen LogP contribution in [0.15, 0.2) is 35.1 Å². The number of nitrogens with zero attached hydrogens (tertiary/aromatic N) is 4. The van der Waals surface area contributed by atoms with Gasteiger partial charge in [0.1, 0.15) is 5.56 Å². The van der Waals surface area contributed by atoms with Crippen molar-refractivity contribution in [1.82, 2.24) is 30.4 Å². The highest BCUT2D eigenvalue weighted by Crippen LogP contribution is 2.39. The second-order valence-corrected chi connectivity index (χ2v) is 7.75. The number of rotatable bonds is 4. The van der Waals surface area contributed by atoms with Crippen LogP contribution in [-0.4, -0.2) is 44.2 Å². The fraction of sp³-hybridized carbons (Fsp3) is 0.333. The molecule has 0 spiro atoms. The summed E-state index contributed by atoms with van der Waals surface area (Å²) in [4.78, 5) is 15.4. The molecule has 0 radical (unpaired) electrons. The number of benzene rings is 1. The summed E-state index contributed by atoms with van der Waals surface area (Å²) in [6.07, 6.45) is -0.343. The minimum atomic E-state index is -4.59. The quantitative estimate of drug-likeness (QED) is 0.435. The topological polar surface area (TPSA) is 105 Å². The SMILES string of the molecule is Cc1noc(-c2ccc3c(-c4nc(N[C@H]5CCCNC5)ncc4C(F)(F)F)c[nH]c3c2)n1. The van der Waals surface area contributed by atoms with Crippen molar-refractivity contribution >= 4 is 16.9 Å². The van der Waals surface area contributed by atoms with Crippen molar-refractivity contribution in [3.05, 3.63) is 42.0 Å². The van der Waals surface area contributed by atoms with Crippen LogP contribution in [0.4, 0.5) is 19.1 Å². The highest BCUT2D eigenvalue weighted by molar-refractivity contribution is 5.97. The first kappa shape index (κ1) is 20.4. The van der Waals surface area contributed by atoms with Gasteiger partial charge >= 0.3 is 6.18 Å². The minimum absolute atomic E-state index is 0.0664. The average molecular weight is 443 g/mol. The number of hydrogen-bond donors (Lipinski definition) is 3. The Hall–Kier alpha value is -3.47. The highest BCUT2D eigenvalue weighted by atomic mass is 19.4. The molecule has 1 aliphatic rings. The van der Waals surface area contributed by atoms with E-state index in [1.165, 1.54) is 6.20 Å². The van der Waals surface area contributed by atoms with E-state index in [4.69, 9.17) is 4.52 Å². The summed E-state index contributed by atoms with van der Waals surface area (Å²) in [7, 11) is 0. The van der Waals surface area contributed by atoms with Gasteiger partial charge in [-0.15, -0.1) is 0 Å². The molecule has 0 unspecified atom stereocenters. The Balaban J connectivity index is 1.56. The summed E-state index contributed by atoms with van der Waals surface area (Å²) in [6.45, 7) is 3.35. The predicted molar refractivity (Wildman–Crippen MR) is 112 cm³/mol. The smallest absolute Gasteiger partial charge is 0.360 e. The van der Waals surface area contributed by atoms with Gasteiger partial charge in [-0.2, -0.15) is 18.2 Å². The van der Waals surface area contributed by atoms with Crippen LogP contribution >= 0.6 is 0 Å². The van der Waals surface area contributed by atoms with E-state index in [1.54, 1.807) is 25.1 Å². The Bertz CT molecular complexity index is 1260. The van der Waals surface area contributed by atoms with Crippen molar-refractivity contribution in [3.63, 3.8) is 0 Å². The number of aromatic amines is 1. The number of hydrogen-bond acceptors (Lipinski definition) is 7. The molecule has 5 rings (SSSR count). The number of aromatic nitrogens is 5. The molecule has 1 saturated heterocycles. The third-order valence-electron chi connectivity index (χ3n) is 5.44. The van der Waals surface area contributed by atoms with Crippen molar-refractivity contribution in [3.8, 4) is 22.7 Å². The molecular weight excluding hydrogens is 423 g/mol. The first-order valence-electron chi connectivity index (χ1n) is 10.2. The van der Waals surface area contributed by atoms with Gasteiger partial charge in [0.25, 0.3) is 5.89 Å². The Morgan fingerprint density at radius 3 is 2.81 bits per heavy atom. The van der Waals surface area contributed by atoms with Crippen LogP contribution < -0.4 is 10.6 Å². The Labute approximate surface area is 180 Å². The van der Waals surface area contributed by atoms with Gasteiger partial charge < -0.3 is 20.1 Å². The summed E-state index contributed by atoms with van der Waals surface area (Å²) < 4.78 is 46.5. The third-order valence-corrected chi connectivity index (χ3v) is 5.44. The highest BCUT2D eigenvalue weighted by Gasteiger charge is 2.36. The van der Waals surface area contributed by atoms with Crippen LogP contribution in [0.1, 0.15) is 24.2 Å². The molecule has 0 bridgehead atoms. The average Bonchev–Trinajstić information content (AvgIpc) is 3.39. The van der Waals surface area contributed by atoms with Crippen LogP contribution in [0.2, 0.25) is 0 Å². The van der Waals surface area contributed by atoms with Gasteiger partial charge in [0.05, 0.1) is 5.69 Å². The molecule has 1 fully saturated rings. The summed E-state index contributed by atoms with van der Waals surface area (Å²) in [5.41, 5.74) is 0.574. The van der Waals surface area contributed by atoms with Gasteiger partial charge in [0.2, 0.25) is 5.95 Å². The lowest BCUT2D eigenvalue weighted by atomic mass is 10.0. The van der Waals surface area contributed by atoms with E-state index in [1.807, 2.05) is 0 Å². The predicted octanol–water partition coefficient (Wildman–Crippen LogP) is 4.17. The minimum Gasteiger partial charge on any atom is -0.360 e. The molecule has 3 N–H and O–H groups in total. The summed E-state index contributed by atoms with van der Waals surface area (Å²) in [5, 5.41) is 10.8. The maximum absolute atomic E-state index is 13.8. The van der Waals surface area contributed by atoms with E-state index >= 15 is 0 Å². The van der Waals surface area contributed by atoms with Crippen molar-refractivity contribution < 1.29 is 17.7 Å². The number of piperidine rings is 1.